The second kappa shape index (κ2) is 10.3. The van der Waals surface area contributed by atoms with E-state index in [1.165, 1.54) is 6.33 Å². The van der Waals surface area contributed by atoms with Crippen LogP contribution in [0.3, 0.4) is 0 Å². The number of aromatic nitrogens is 2. The minimum atomic E-state index is -5.00. The van der Waals surface area contributed by atoms with Gasteiger partial charge in [0.1, 0.15) is 17.9 Å². The number of hydrogen-bond donors (Lipinski definition) is 1. The number of piperidine rings is 1. The highest BCUT2D eigenvalue weighted by atomic mass is 19.4. The zero-order valence-electron chi connectivity index (χ0n) is 19.5. The van der Waals surface area contributed by atoms with Crippen LogP contribution in [0.25, 0.3) is 11.3 Å². The summed E-state index contributed by atoms with van der Waals surface area (Å²) in [6, 6.07) is 10.0. The van der Waals surface area contributed by atoms with E-state index in [0.717, 1.165) is 5.56 Å². The van der Waals surface area contributed by atoms with Crippen molar-refractivity contribution < 1.29 is 35.9 Å². The Labute approximate surface area is 208 Å². The third kappa shape index (κ3) is 6.30. The first-order valence-corrected chi connectivity index (χ1v) is 11.3. The number of alkyl halides is 6. The molecule has 1 aliphatic rings. The first-order chi connectivity index (χ1) is 17.4. The van der Waals surface area contributed by atoms with Crippen molar-refractivity contribution in [3.8, 4) is 17.0 Å². The molecule has 196 valence electrons. The number of ether oxygens (including phenoxy) is 1. The number of carbonyl (C=O) groups excluding carboxylic acids is 1. The molecule has 1 unspecified atom stereocenters. The molecule has 6 nitrogen and oxygen atoms in total. The summed E-state index contributed by atoms with van der Waals surface area (Å²) in [5, 5.41) is 2.25. The molecule has 1 N–H and O–H groups in total. The molecule has 0 bridgehead atoms. The Morgan fingerprint density at radius 2 is 1.62 bits per heavy atom. The normalized spacial score (nSPS) is 16.4. The van der Waals surface area contributed by atoms with Gasteiger partial charge in [-0.25, -0.2) is 9.97 Å². The molecular formula is C25H22F6N4O2. The number of hydrogen-bond acceptors (Lipinski definition) is 5. The molecule has 37 heavy (non-hydrogen) atoms. The van der Waals surface area contributed by atoms with E-state index in [0.29, 0.717) is 48.8 Å². The number of benzene rings is 2. The van der Waals surface area contributed by atoms with Gasteiger partial charge in [-0.15, -0.1) is 0 Å². The molecule has 0 saturated carbocycles. The maximum atomic E-state index is 13.2. The van der Waals surface area contributed by atoms with E-state index in [1.807, 2.05) is 17.0 Å². The highest BCUT2D eigenvalue weighted by molar-refractivity contribution is 5.93. The average molecular weight is 524 g/mol. The topological polar surface area (TPSA) is 67.3 Å². The molecule has 0 spiro atoms. The Morgan fingerprint density at radius 3 is 2.22 bits per heavy atom. The van der Waals surface area contributed by atoms with Gasteiger partial charge in [0.2, 0.25) is 5.91 Å². The first kappa shape index (κ1) is 26.2. The maximum absolute atomic E-state index is 13.2. The molecule has 4 rings (SSSR count). The number of carbonyl (C=O) groups is 1. The van der Waals surface area contributed by atoms with Gasteiger partial charge in [-0.3, -0.25) is 4.79 Å². The number of methoxy groups -OCH3 is 1. The lowest BCUT2D eigenvalue weighted by Crippen LogP contribution is -2.41. The molecule has 0 aliphatic carbocycles. The van der Waals surface area contributed by atoms with E-state index >= 15 is 0 Å². The summed E-state index contributed by atoms with van der Waals surface area (Å²) in [5.41, 5.74) is -2.08. The molecule has 1 aromatic heterocycles. The molecule has 12 heteroatoms. The van der Waals surface area contributed by atoms with Gasteiger partial charge < -0.3 is 15.0 Å². The van der Waals surface area contributed by atoms with Crippen molar-refractivity contribution in [2.24, 2.45) is 5.92 Å². The fourth-order valence-electron chi connectivity index (χ4n) is 4.11. The molecule has 1 atom stereocenters. The SMILES string of the molecule is COc1ccc(-c2cc(N3CCCC(C(=O)Nc4cc(C(F)(F)F)cc(C(F)(F)F)c4)C3)ncn2)cc1. The summed E-state index contributed by atoms with van der Waals surface area (Å²) in [7, 11) is 1.56. The molecule has 1 fully saturated rings. The molecule has 0 radical (unpaired) electrons. The average Bonchev–Trinajstić information content (AvgIpc) is 2.87. The van der Waals surface area contributed by atoms with Gasteiger partial charge in [-0.05, 0) is 55.3 Å². The smallest absolute Gasteiger partial charge is 0.416 e. The standard InChI is InChI=1S/C25H22F6N4O2/c1-37-20-6-4-15(5-7-20)21-12-22(33-14-32-21)35-8-2-3-16(13-35)23(36)34-19-10-17(24(26,27)28)9-18(11-19)25(29,30)31/h4-7,9-12,14,16H,2-3,8,13H2,1H3,(H,34,36). The maximum Gasteiger partial charge on any atom is 0.416 e. The van der Waals surface area contributed by atoms with E-state index in [2.05, 4.69) is 15.3 Å². The lowest BCUT2D eigenvalue weighted by atomic mass is 9.96. The van der Waals surface area contributed by atoms with Crippen LogP contribution >= 0.6 is 0 Å². The van der Waals surface area contributed by atoms with E-state index in [1.54, 1.807) is 25.3 Å². The number of nitrogens with one attached hydrogen (secondary N) is 1. The van der Waals surface area contributed by atoms with Crippen LogP contribution in [0.15, 0.2) is 54.9 Å². The van der Waals surface area contributed by atoms with Crippen LogP contribution in [0.4, 0.5) is 37.8 Å². The fourth-order valence-corrected chi connectivity index (χ4v) is 4.11. The fraction of sp³-hybridized carbons (Fsp3) is 0.320. The van der Waals surface area contributed by atoms with Crippen LogP contribution in [0.2, 0.25) is 0 Å². The van der Waals surface area contributed by atoms with Crippen molar-refractivity contribution in [2.45, 2.75) is 25.2 Å². The Hall–Kier alpha value is -3.83. The quantitative estimate of drug-likeness (QED) is 0.412. The number of nitrogens with zero attached hydrogens (tertiary/aromatic N) is 3. The minimum Gasteiger partial charge on any atom is -0.497 e. The van der Waals surface area contributed by atoms with Crippen LogP contribution < -0.4 is 15.0 Å². The highest BCUT2D eigenvalue weighted by Crippen LogP contribution is 2.38. The van der Waals surface area contributed by atoms with E-state index in [9.17, 15) is 31.1 Å². The molecular weight excluding hydrogens is 502 g/mol. The Bertz CT molecular complexity index is 1230. The highest BCUT2D eigenvalue weighted by Gasteiger charge is 2.37. The van der Waals surface area contributed by atoms with Crippen LogP contribution in [0, 0.1) is 5.92 Å². The van der Waals surface area contributed by atoms with E-state index < -0.39 is 41.0 Å². The molecule has 3 aromatic rings. The predicted molar refractivity (Wildman–Crippen MR) is 124 cm³/mol. The lowest BCUT2D eigenvalue weighted by molar-refractivity contribution is -0.143. The van der Waals surface area contributed by atoms with Crippen molar-refractivity contribution in [3.05, 3.63) is 66.0 Å². The second-order valence-electron chi connectivity index (χ2n) is 8.56. The van der Waals surface area contributed by atoms with Gasteiger partial charge in [0.25, 0.3) is 0 Å². The van der Waals surface area contributed by atoms with E-state index in [-0.39, 0.29) is 12.6 Å². The van der Waals surface area contributed by atoms with Crippen LogP contribution in [0.5, 0.6) is 5.75 Å². The van der Waals surface area contributed by atoms with Gasteiger partial charge >= 0.3 is 12.4 Å². The largest absolute Gasteiger partial charge is 0.497 e. The van der Waals surface area contributed by atoms with E-state index in [4.69, 9.17) is 4.74 Å². The first-order valence-electron chi connectivity index (χ1n) is 11.3. The molecule has 2 heterocycles. The van der Waals surface area contributed by atoms with Crippen LogP contribution in [0.1, 0.15) is 24.0 Å². The van der Waals surface area contributed by atoms with Gasteiger partial charge in [0.05, 0.1) is 29.8 Å². The number of anilines is 2. The Kier molecular flexibility index (Phi) is 7.28. The Balaban J connectivity index is 1.51. The Morgan fingerprint density at radius 1 is 0.973 bits per heavy atom. The summed E-state index contributed by atoms with van der Waals surface area (Å²) in [5.74, 6) is -0.0959. The third-order valence-electron chi connectivity index (χ3n) is 6.01. The van der Waals surface area contributed by atoms with Gasteiger partial charge in [-0.1, -0.05) is 0 Å². The molecule has 2 aromatic carbocycles. The summed E-state index contributed by atoms with van der Waals surface area (Å²) in [6.07, 6.45) is -7.62. The summed E-state index contributed by atoms with van der Waals surface area (Å²) in [6.45, 7) is 0.764. The minimum absolute atomic E-state index is 0.0213. The summed E-state index contributed by atoms with van der Waals surface area (Å²) < 4.78 is 84.1. The summed E-state index contributed by atoms with van der Waals surface area (Å²) >= 11 is 0. The number of amides is 1. The van der Waals surface area contributed by atoms with Gasteiger partial charge in [0, 0.05) is 30.4 Å². The third-order valence-corrected chi connectivity index (χ3v) is 6.01. The molecule has 1 amide bonds. The zero-order valence-corrected chi connectivity index (χ0v) is 19.5. The monoisotopic (exact) mass is 524 g/mol. The second-order valence-corrected chi connectivity index (χ2v) is 8.56. The van der Waals surface area contributed by atoms with Gasteiger partial charge in [-0.2, -0.15) is 26.3 Å². The zero-order chi connectivity index (χ0) is 26.8. The number of rotatable bonds is 5. The molecule has 1 aliphatic heterocycles. The van der Waals surface area contributed by atoms with Crippen LogP contribution in [-0.4, -0.2) is 36.1 Å². The predicted octanol–water partition coefficient (Wildman–Crippen LogP) is 6.04. The van der Waals surface area contributed by atoms with Crippen molar-refractivity contribution in [1.82, 2.24) is 9.97 Å². The van der Waals surface area contributed by atoms with Crippen molar-refractivity contribution in [1.29, 1.82) is 0 Å². The van der Waals surface area contributed by atoms with Gasteiger partial charge in [0.15, 0.2) is 0 Å². The van der Waals surface area contributed by atoms with Crippen molar-refractivity contribution >= 4 is 17.4 Å². The van der Waals surface area contributed by atoms with Crippen molar-refractivity contribution in [3.63, 3.8) is 0 Å². The van der Waals surface area contributed by atoms with Crippen molar-refractivity contribution in [2.75, 3.05) is 30.4 Å². The summed E-state index contributed by atoms with van der Waals surface area (Å²) in [4.78, 5) is 23.3. The molecule has 1 saturated heterocycles. The van der Waals surface area contributed by atoms with Crippen LogP contribution in [-0.2, 0) is 17.1 Å². The number of halogens is 6. The lowest BCUT2D eigenvalue weighted by Gasteiger charge is -2.33.